The molecule has 136 valence electrons. The number of thiazole rings is 1. The first-order chi connectivity index (χ1) is 11.1. The second-order valence-electron chi connectivity index (χ2n) is 5.82. The first kappa shape index (κ1) is 21.1. The SMILES string of the molecule is CCc1nc(CCNC(=NC)N2CC(C)C(C(=O)OC)C2)cs1.I. The van der Waals surface area contributed by atoms with Crippen molar-refractivity contribution < 1.29 is 9.53 Å². The Balaban J connectivity index is 0.00000288. The molecule has 0 spiro atoms. The van der Waals surface area contributed by atoms with Crippen molar-refractivity contribution in [3.05, 3.63) is 16.1 Å². The molecule has 1 aromatic rings. The maximum absolute atomic E-state index is 11.8. The molecule has 0 amide bonds. The number of halogens is 1. The van der Waals surface area contributed by atoms with Gasteiger partial charge in [0.1, 0.15) is 0 Å². The number of ether oxygens (including phenoxy) is 1. The lowest BCUT2D eigenvalue weighted by Crippen LogP contribution is -2.41. The van der Waals surface area contributed by atoms with Crippen molar-refractivity contribution in [3.63, 3.8) is 0 Å². The largest absolute Gasteiger partial charge is 0.469 e. The van der Waals surface area contributed by atoms with Crippen LogP contribution in [0.2, 0.25) is 0 Å². The molecule has 1 fully saturated rings. The van der Waals surface area contributed by atoms with Crippen molar-refractivity contribution in [3.8, 4) is 0 Å². The van der Waals surface area contributed by atoms with Gasteiger partial charge in [-0.15, -0.1) is 35.3 Å². The summed E-state index contributed by atoms with van der Waals surface area (Å²) in [5, 5.41) is 6.67. The van der Waals surface area contributed by atoms with Crippen LogP contribution < -0.4 is 5.32 Å². The van der Waals surface area contributed by atoms with Gasteiger partial charge in [-0.05, 0) is 12.3 Å². The molecule has 0 aliphatic carbocycles. The number of aliphatic imine (C=N–C) groups is 1. The van der Waals surface area contributed by atoms with Crippen molar-refractivity contribution in [2.75, 3.05) is 33.8 Å². The minimum atomic E-state index is -0.134. The summed E-state index contributed by atoms with van der Waals surface area (Å²) in [6.07, 6.45) is 1.86. The van der Waals surface area contributed by atoms with E-state index in [1.54, 1.807) is 18.4 Å². The molecule has 1 N–H and O–H groups in total. The highest BCUT2D eigenvalue weighted by molar-refractivity contribution is 14.0. The van der Waals surface area contributed by atoms with Crippen LogP contribution in [0.5, 0.6) is 0 Å². The van der Waals surface area contributed by atoms with E-state index in [4.69, 9.17) is 4.74 Å². The number of esters is 1. The van der Waals surface area contributed by atoms with Crippen LogP contribution in [0.3, 0.4) is 0 Å². The summed E-state index contributed by atoms with van der Waals surface area (Å²) in [6, 6.07) is 0. The number of aryl methyl sites for hydroxylation is 1. The number of nitrogens with zero attached hydrogens (tertiary/aromatic N) is 3. The molecule has 24 heavy (non-hydrogen) atoms. The van der Waals surface area contributed by atoms with Gasteiger partial charge in [0, 0.05) is 38.5 Å². The second-order valence-corrected chi connectivity index (χ2v) is 6.76. The van der Waals surface area contributed by atoms with Gasteiger partial charge in [-0.2, -0.15) is 0 Å². The molecular formula is C16H27IN4O2S. The fourth-order valence-corrected chi connectivity index (χ4v) is 3.64. The lowest BCUT2D eigenvalue weighted by Gasteiger charge is -2.21. The topological polar surface area (TPSA) is 66.8 Å². The van der Waals surface area contributed by atoms with Crippen molar-refractivity contribution >= 4 is 47.2 Å². The highest BCUT2D eigenvalue weighted by Crippen LogP contribution is 2.24. The highest BCUT2D eigenvalue weighted by Gasteiger charge is 2.36. The van der Waals surface area contributed by atoms with E-state index in [0.717, 1.165) is 37.6 Å². The van der Waals surface area contributed by atoms with Crippen LogP contribution in [0.25, 0.3) is 0 Å². The summed E-state index contributed by atoms with van der Waals surface area (Å²) >= 11 is 1.71. The van der Waals surface area contributed by atoms with Crippen LogP contribution in [-0.2, 0) is 22.4 Å². The summed E-state index contributed by atoms with van der Waals surface area (Å²) in [6.45, 7) is 6.46. The van der Waals surface area contributed by atoms with E-state index < -0.39 is 0 Å². The van der Waals surface area contributed by atoms with Gasteiger partial charge in [0.25, 0.3) is 0 Å². The maximum atomic E-state index is 11.8. The highest BCUT2D eigenvalue weighted by atomic mass is 127. The molecule has 0 aromatic carbocycles. The standard InChI is InChI=1S/C16H26N4O2S.HI/c1-5-14-19-12(10-23-14)6-7-18-16(17-3)20-8-11(2)13(9-20)15(21)22-4;/h10-11,13H,5-9H2,1-4H3,(H,17,18);1H. The monoisotopic (exact) mass is 466 g/mol. The fourth-order valence-electron chi connectivity index (χ4n) is 2.86. The number of rotatable bonds is 5. The van der Waals surface area contributed by atoms with Crippen molar-refractivity contribution in [1.82, 2.24) is 15.2 Å². The van der Waals surface area contributed by atoms with Crippen LogP contribution >= 0.6 is 35.3 Å². The average Bonchev–Trinajstić information content (AvgIpc) is 3.17. The Bertz CT molecular complexity index is 564. The van der Waals surface area contributed by atoms with Gasteiger partial charge < -0.3 is 15.0 Å². The second kappa shape index (κ2) is 10.2. The predicted molar refractivity (Wildman–Crippen MR) is 108 cm³/mol. The maximum Gasteiger partial charge on any atom is 0.310 e. The van der Waals surface area contributed by atoms with E-state index in [1.807, 2.05) is 0 Å². The van der Waals surface area contributed by atoms with Crippen LogP contribution in [0, 0.1) is 11.8 Å². The van der Waals surface area contributed by atoms with Gasteiger partial charge in [0.05, 0.1) is 23.7 Å². The van der Waals surface area contributed by atoms with Gasteiger partial charge in [0.2, 0.25) is 0 Å². The van der Waals surface area contributed by atoms with Crippen LogP contribution in [0.1, 0.15) is 24.5 Å². The zero-order valence-electron chi connectivity index (χ0n) is 14.7. The molecule has 0 radical (unpaired) electrons. The van der Waals surface area contributed by atoms with E-state index in [-0.39, 0.29) is 41.8 Å². The number of carbonyl (C=O) groups excluding carboxylic acids is 1. The number of aromatic nitrogens is 1. The third kappa shape index (κ3) is 5.30. The lowest BCUT2D eigenvalue weighted by atomic mass is 9.99. The average molecular weight is 466 g/mol. The number of guanidine groups is 1. The summed E-state index contributed by atoms with van der Waals surface area (Å²) < 4.78 is 4.89. The fraction of sp³-hybridized carbons (Fsp3) is 0.688. The number of hydrogen-bond acceptors (Lipinski definition) is 5. The summed E-state index contributed by atoms with van der Waals surface area (Å²) in [5.74, 6) is 0.898. The Morgan fingerprint density at radius 1 is 1.54 bits per heavy atom. The van der Waals surface area contributed by atoms with Gasteiger partial charge in [0.15, 0.2) is 5.96 Å². The van der Waals surface area contributed by atoms with Crippen molar-refractivity contribution in [2.24, 2.45) is 16.8 Å². The number of likely N-dealkylation sites (tertiary alicyclic amines) is 1. The first-order valence-corrected chi connectivity index (χ1v) is 8.93. The lowest BCUT2D eigenvalue weighted by molar-refractivity contribution is -0.145. The number of hydrogen-bond donors (Lipinski definition) is 1. The van der Waals surface area contributed by atoms with E-state index in [9.17, 15) is 4.79 Å². The molecule has 1 saturated heterocycles. The summed E-state index contributed by atoms with van der Waals surface area (Å²) in [4.78, 5) is 22.8. The molecule has 2 heterocycles. The van der Waals surface area contributed by atoms with Crippen molar-refractivity contribution in [2.45, 2.75) is 26.7 Å². The van der Waals surface area contributed by atoms with Gasteiger partial charge in [-0.3, -0.25) is 9.79 Å². The zero-order valence-corrected chi connectivity index (χ0v) is 17.9. The third-order valence-corrected chi connectivity index (χ3v) is 5.24. The Labute approximate surface area is 165 Å². The van der Waals surface area contributed by atoms with E-state index in [0.29, 0.717) is 6.54 Å². The van der Waals surface area contributed by atoms with Crippen LogP contribution in [0.15, 0.2) is 10.4 Å². The molecule has 0 bridgehead atoms. The molecule has 2 atom stereocenters. The summed E-state index contributed by atoms with van der Waals surface area (Å²) in [5.41, 5.74) is 1.12. The number of nitrogens with one attached hydrogen (secondary N) is 1. The van der Waals surface area contributed by atoms with Gasteiger partial charge >= 0.3 is 5.97 Å². The normalized spacial score (nSPS) is 20.7. The molecule has 0 saturated carbocycles. The zero-order chi connectivity index (χ0) is 16.8. The first-order valence-electron chi connectivity index (χ1n) is 8.05. The molecule has 1 aromatic heterocycles. The molecule has 6 nitrogen and oxygen atoms in total. The summed E-state index contributed by atoms with van der Waals surface area (Å²) in [7, 11) is 3.22. The van der Waals surface area contributed by atoms with E-state index in [1.165, 1.54) is 12.1 Å². The Morgan fingerprint density at radius 3 is 2.88 bits per heavy atom. The molecule has 2 rings (SSSR count). The van der Waals surface area contributed by atoms with Crippen molar-refractivity contribution in [1.29, 1.82) is 0 Å². The molecular weight excluding hydrogens is 439 g/mol. The van der Waals surface area contributed by atoms with Crippen LogP contribution in [0.4, 0.5) is 0 Å². The number of methoxy groups -OCH3 is 1. The van der Waals surface area contributed by atoms with Gasteiger partial charge in [-0.25, -0.2) is 4.98 Å². The Kier molecular flexibility index (Phi) is 8.96. The quantitative estimate of drug-likeness (QED) is 0.312. The molecule has 2 unspecified atom stereocenters. The van der Waals surface area contributed by atoms with Gasteiger partial charge in [-0.1, -0.05) is 13.8 Å². The van der Waals surface area contributed by atoms with E-state index >= 15 is 0 Å². The van der Waals surface area contributed by atoms with Crippen LogP contribution in [-0.4, -0.2) is 55.6 Å². The number of carbonyl (C=O) groups is 1. The molecule has 1 aliphatic heterocycles. The Morgan fingerprint density at radius 2 is 2.29 bits per heavy atom. The smallest absolute Gasteiger partial charge is 0.310 e. The predicted octanol–water partition coefficient (Wildman–Crippen LogP) is 2.18. The molecule has 1 aliphatic rings. The minimum Gasteiger partial charge on any atom is -0.469 e. The third-order valence-electron chi connectivity index (χ3n) is 4.19. The minimum absolute atomic E-state index is 0. The Hall–Kier alpha value is -0.900. The molecule has 8 heteroatoms. The van der Waals surface area contributed by atoms with E-state index in [2.05, 4.69) is 39.4 Å².